The maximum Gasteiger partial charge on any atom is 0.328 e. The molecule has 1 aromatic rings. The number of aliphatic hydroxyl groups is 1. The highest BCUT2D eigenvalue weighted by molar-refractivity contribution is 5.79. The highest BCUT2D eigenvalue weighted by atomic mass is 16.4. The van der Waals surface area contributed by atoms with Gasteiger partial charge in [-0.1, -0.05) is 24.3 Å². The third-order valence-corrected chi connectivity index (χ3v) is 1.88. The Kier molecular flexibility index (Phi) is 4.37. The number of benzene rings is 1. The molecule has 0 saturated carbocycles. The summed E-state index contributed by atoms with van der Waals surface area (Å²) in [5.41, 5.74) is 0.857. The molecule has 0 atom stereocenters. The smallest absolute Gasteiger partial charge is 0.328 e. The number of hydrogen-bond donors (Lipinski definition) is 2. The average Bonchev–Trinajstić information content (AvgIpc) is 2.25. The predicted octanol–water partition coefficient (Wildman–Crippen LogP) is 1.08. The molecule has 0 heterocycles. The molecule has 0 fully saturated rings. The normalized spacial score (nSPS) is 10.5. The van der Waals surface area contributed by atoms with E-state index >= 15 is 0 Å². The second-order valence-corrected chi connectivity index (χ2v) is 2.94. The van der Waals surface area contributed by atoms with Crippen LogP contribution >= 0.6 is 0 Å². The zero-order valence-electron chi connectivity index (χ0n) is 8.21. The van der Waals surface area contributed by atoms with E-state index < -0.39 is 5.97 Å². The molecule has 0 saturated heterocycles. The number of carbonyl (C=O) groups is 1. The van der Waals surface area contributed by atoms with Gasteiger partial charge in [0.1, 0.15) is 6.73 Å². The van der Waals surface area contributed by atoms with Gasteiger partial charge < -0.3 is 15.1 Å². The van der Waals surface area contributed by atoms with Gasteiger partial charge in [0.15, 0.2) is 0 Å². The van der Waals surface area contributed by atoms with Gasteiger partial charge in [-0.3, -0.25) is 0 Å². The van der Waals surface area contributed by atoms with Crippen LogP contribution in [0.3, 0.4) is 0 Å². The first-order valence-corrected chi connectivity index (χ1v) is 4.54. The van der Waals surface area contributed by atoms with E-state index in [1.165, 1.54) is 6.08 Å². The lowest BCUT2D eigenvalue weighted by Crippen LogP contribution is -2.24. The second kappa shape index (κ2) is 5.82. The molecule has 0 bridgehead atoms. The van der Waals surface area contributed by atoms with Crippen molar-refractivity contribution in [2.45, 2.75) is 0 Å². The van der Waals surface area contributed by atoms with Crippen LogP contribution in [0.25, 0.3) is 0 Å². The lowest BCUT2D eigenvalue weighted by atomic mass is 10.3. The van der Waals surface area contributed by atoms with E-state index in [0.717, 1.165) is 11.8 Å². The Labute approximate surface area is 88.1 Å². The van der Waals surface area contributed by atoms with Gasteiger partial charge in [-0.15, -0.1) is 0 Å². The Morgan fingerprint density at radius 1 is 1.33 bits per heavy atom. The molecule has 1 aromatic carbocycles. The first kappa shape index (κ1) is 11.3. The van der Waals surface area contributed by atoms with E-state index in [1.807, 2.05) is 30.3 Å². The van der Waals surface area contributed by atoms with Crippen LogP contribution in [0.5, 0.6) is 0 Å². The van der Waals surface area contributed by atoms with Gasteiger partial charge in [0.2, 0.25) is 0 Å². The second-order valence-electron chi connectivity index (χ2n) is 2.94. The summed E-state index contributed by atoms with van der Waals surface area (Å²) in [6, 6.07) is 9.31. The van der Waals surface area contributed by atoms with E-state index in [2.05, 4.69) is 0 Å². The van der Waals surface area contributed by atoms with Crippen molar-refractivity contribution in [2.75, 3.05) is 18.2 Å². The van der Waals surface area contributed by atoms with E-state index in [0.29, 0.717) is 6.54 Å². The van der Waals surface area contributed by atoms with Crippen LogP contribution in [0, 0.1) is 0 Å². The number of aliphatic hydroxyl groups excluding tert-OH is 1. The third-order valence-electron chi connectivity index (χ3n) is 1.88. The van der Waals surface area contributed by atoms with Gasteiger partial charge in [0, 0.05) is 18.3 Å². The number of aliphatic carboxylic acids is 1. The molecule has 0 radical (unpaired) electrons. The van der Waals surface area contributed by atoms with Gasteiger partial charge in [-0.2, -0.15) is 0 Å². The van der Waals surface area contributed by atoms with Crippen LogP contribution in [0.4, 0.5) is 5.69 Å². The molecular formula is C11H13NO3. The number of rotatable bonds is 5. The summed E-state index contributed by atoms with van der Waals surface area (Å²) in [5, 5.41) is 17.5. The fourth-order valence-corrected chi connectivity index (χ4v) is 1.16. The van der Waals surface area contributed by atoms with Crippen molar-refractivity contribution in [1.82, 2.24) is 0 Å². The van der Waals surface area contributed by atoms with E-state index in [9.17, 15) is 4.79 Å². The van der Waals surface area contributed by atoms with Crippen molar-refractivity contribution in [1.29, 1.82) is 0 Å². The zero-order chi connectivity index (χ0) is 11.1. The van der Waals surface area contributed by atoms with Gasteiger partial charge in [-0.25, -0.2) is 4.79 Å². The molecule has 80 valence electrons. The van der Waals surface area contributed by atoms with Crippen LogP contribution < -0.4 is 4.90 Å². The number of anilines is 1. The van der Waals surface area contributed by atoms with E-state index in [4.69, 9.17) is 10.2 Å². The highest BCUT2D eigenvalue weighted by Crippen LogP contribution is 2.11. The molecule has 0 aliphatic rings. The summed E-state index contributed by atoms with van der Waals surface area (Å²) in [5.74, 6) is -0.985. The van der Waals surface area contributed by atoms with Gasteiger partial charge in [-0.05, 0) is 12.1 Å². The van der Waals surface area contributed by atoms with E-state index in [1.54, 1.807) is 4.90 Å². The highest BCUT2D eigenvalue weighted by Gasteiger charge is 2.01. The minimum Gasteiger partial charge on any atom is -0.478 e. The SMILES string of the molecule is O=C(O)C=CCN(CO)c1ccccc1. The van der Waals surface area contributed by atoms with Gasteiger partial charge in [0.25, 0.3) is 0 Å². The van der Waals surface area contributed by atoms with Gasteiger partial charge >= 0.3 is 5.97 Å². The third kappa shape index (κ3) is 3.83. The van der Waals surface area contributed by atoms with Gasteiger partial charge in [0.05, 0.1) is 0 Å². The summed E-state index contributed by atoms with van der Waals surface area (Å²) in [6.45, 7) is 0.223. The largest absolute Gasteiger partial charge is 0.478 e. The Balaban J connectivity index is 2.61. The molecule has 4 heteroatoms. The number of para-hydroxylation sites is 1. The Hall–Kier alpha value is -1.81. The van der Waals surface area contributed by atoms with Crippen LogP contribution in [0.1, 0.15) is 0 Å². The summed E-state index contributed by atoms with van der Waals surface area (Å²) >= 11 is 0. The lowest BCUT2D eigenvalue weighted by Gasteiger charge is -2.19. The van der Waals surface area contributed by atoms with Crippen molar-refractivity contribution >= 4 is 11.7 Å². The molecule has 0 aliphatic carbocycles. The molecule has 2 N–H and O–H groups in total. The van der Waals surface area contributed by atoms with Crippen molar-refractivity contribution in [3.8, 4) is 0 Å². The molecule has 0 amide bonds. The standard InChI is InChI=1S/C11H13NO3/c13-9-12(8-4-7-11(14)15)10-5-2-1-3-6-10/h1-7,13H,8-9H2,(H,14,15). The molecule has 0 aromatic heterocycles. The van der Waals surface area contributed by atoms with Crippen LogP contribution in [-0.2, 0) is 4.79 Å². The summed E-state index contributed by atoms with van der Waals surface area (Å²) in [7, 11) is 0. The quantitative estimate of drug-likeness (QED) is 0.560. The molecule has 0 spiro atoms. The number of hydrogen-bond acceptors (Lipinski definition) is 3. The topological polar surface area (TPSA) is 60.8 Å². The Morgan fingerprint density at radius 3 is 2.53 bits per heavy atom. The maximum absolute atomic E-state index is 10.2. The number of nitrogens with zero attached hydrogens (tertiary/aromatic N) is 1. The zero-order valence-corrected chi connectivity index (χ0v) is 8.21. The maximum atomic E-state index is 10.2. The van der Waals surface area contributed by atoms with Crippen LogP contribution in [-0.4, -0.2) is 29.5 Å². The first-order valence-electron chi connectivity index (χ1n) is 4.54. The molecule has 0 aliphatic heterocycles. The summed E-state index contributed by atoms with van der Waals surface area (Å²) in [6.07, 6.45) is 2.55. The molecule has 0 unspecified atom stereocenters. The van der Waals surface area contributed by atoms with Crippen molar-refractivity contribution < 1.29 is 15.0 Å². The first-order chi connectivity index (χ1) is 7.24. The van der Waals surface area contributed by atoms with E-state index in [-0.39, 0.29) is 6.73 Å². The Morgan fingerprint density at radius 2 is 2.00 bits per heavy atom. The monoisotopic (exact) mass is 207 g/mol. The van der Waals surface area contributed by atoms with Crippen molar-refractivity contribution in [2.24, 2.45) is 0 Å². The molecule has 4 nitrogen and oxygen atoms in total. The number of carboxylic acid groups (broad SMARTS) is 1. The van der Waals surface area contributed by atoms with Crippen LogP contribution in [0.2, 0.25) is 0 Å². The fraction of sp³-hybridized carbons (Fsp3) is 0.182. The minimum absolute atomic E-state index is 0.145. The fourth-order valence-electron chi connectivity index (χ4n) is 1.16. The predicted molar refractivity (Wildman–Crippen MR) is 57.6 cm³/mol. The summed E-state index contributed by atoms with van der Waals surface area (Å²) < 4.78 is 0. The van der Waals surface area contributed by atoms with Crippen LogP contribution in [0.15, 0.2) is 42.5 Å². The van der Waals surface area contributed by atoms with Crippen molar-refractivity contribution in [3.05, 3.63) is 42.5 Å². The molecular weight excluding hydrogens is 194 g/mol. The molecule has 15 heavy (non-hydrogen) atoms. The van der Waals surface area contributed by atoms with Crippen molar-refractivity contribution in [3.63, 3.8) is 0 Å². The minimum atomic E-state index is -0.985. The number of carboxylic acids is 1. The Bertz CT molecular complexity index is 335. The summed E-state index contributed by atoms with van der Waals surface area (Å²) in [4.78, 5) is 11.9. The average molecular weight is 207 g/mol. The molecule has 1 rings (SSSR count). The lowest BCUT2D eigenvalue weighted by molar-refractivity contribution is -0.131.